The summed E-state index contributed by atoms with van der Waals surface area (Å²) in [7, 11) is 1.50. The molecule has 0 radical (unpaired) electrons. The molecule has 0 saturated carbocycles. The van der Waals surface area contributed by atoms with E-state index in [1.807, 2.05) is 6.92 Å². The van der Waals surface area contributed by atoms with Gasteiger partial charge in [0.15, 0.2) is 0 Å². The van der Waals surface area contributed by atoms with E-state index in [0.717, 1.165) is 10.0 Å². The number of ether oxygens (including phenoxy) is 1. The number of hydrogen-bond acceptors (Lipinski definition) is 5. The molecule has 4 rings (SSSR count). The van der Waals surface area contributed by atoms with Gasteiger partial charge in [0.05, 0.1) is 18.7 Å². The van der Waals surface area contributed by atoms with Crippen LogP contribution in [0.1, 0.15) is 29.7 Å². The second kappa shape index (κ2) is 9.76. The maximum atomic E-state index is 13.4. The van der Waals surface area contributed by atoms with Crippen LogP contribution in [0.4, 0.5) is 11.4 Å². The first-order chi connectivity index (χ1) is 16.7. The molecule has 2 amide bonds. The van der Waals surface area contributed by atoms with Crippen molar-refractivity contribution in [2.24, 2.45) is 0 Å². The minimum atomic E-state index is -0.956. The maximum absolute atomic E-state index is 13.4. The molecule has 3 aromatic rings. The van der Waals surface area contributed by atoms with Crippen molar-refractivity contribution in [2.45, 2.75) is 19.9 Å². The zero-order valence-corrected chi connectivity index (χ0v) is 20.9. The van der Waals surface area contributed by atoms with Crippen molar-refractivity contribution in [3.63, 3.8) is 0 Å². The number of amides is 2. The third-order valence-electron chi connectivity index (χ3n) is 5.75. The van der Waals surface area contributed by atoms with Gasteiger partial charge in [-0.05, 0) is 48.9 Å². The summed E-state index contributed by atoms with van der Waals surface area (Å²) in [6.07, 6.45) is 0. The summed E-state index contributed by atoms with van der Waals surface area (Å²) in [6, 6.07) is 17.9. The fraction of sp³-hybridized carbons (Fsp3) is 0.148. The summed E-state index contributed by atoms with van der Waals surface area (Å²) >= 11 is 3.44. The molecule has 0 aromatic heterocycles. The fourth-order valence-electron chi connectivity index (χ4n) is 4.17. The normalized spacial score (nSPS) is 16.9. The topological polar surface area (TPSA) is 95.9 Å². The van der Waals surface area contributed by atoms with Crippen molar-refractivity contribution >= 4 is 50.7 Å². The molecule has 1 unspecified atom stereocenters. The quantitative estimate of drug-likeness (QED) is 0.261. The predicted octanol–water partition coefficient (Wildman–Crippen LogP) is 5.35. The van der Waals surface area contributed by atoms with Gasteiger partial charge in [-0.1, -0.05) is 46.3 Å². The number of carbonyl (C=O) groups excluding carboxylic acids is 3. The number of benzene rings is 3. The molecular formula is C27H23BrN2O5. The molecule has 0 spiro atoms. The standard InChI is InChI=1S/C27H23BrN2O5/c1-15-13-17(11-12-21(15)28)25(32)23-24(20-9-4-5-10-22(20)35-3)30(27(34)26(23)33)19-8-6-7-18(14-19)29-16(2)31/h4-14,24,32H,1-3H3,(H,29,31)/b25-23+. The minimum Gasteiger partial charge on any atom is -0.507 e. The Kier molecular flexibility index (Phi) is 6.75. The monoisotopic (exact) mass is 534 g/mol. The second-order valence-corrected chi connectivity index (χ2v) is 8.96. The summed E-state index contributed by atoms with van der Waals surface area (Å²) in [4.78, 5) is 39.7. The van der Waals surface area contributed by atoms with Gasteiger partial charge in [-0.25, -0.2) is 0 Å². The second-order valence-electron chi connectivity index (χ2n) is 8.11. The largest absolute Gasteiger partial charge is 0.507 e. The molecular weight excluding hydrogens is 512 g/mol. The fourth-order valence-corrected chi connectivity index (χ4v) is 4.42. The number of carbonyl (C=O) groups is 3. The molecule has 3 aromatic carbocycles. The Morgan fingerprint density at radius 2 is 1.80 bits per heavy atom. The number of aliphatic hydroxyl groups is 1. The van der Waals surface area contributed by atoms with Gasteiger partial charge in [0, 0.05) is 33.9 Å². The van der Waals surface area contributed by atoms with Crippen molar-refractivity contribution in [3.8, 4) is 5.75 Å². The molecule has 7 nitrogen and oxygen atoms in total. The Labute approximate surface area is 211 Å². The molecule has 2 N–H and O–H groups in total. The van der Waals surface area contributed by atoms with Crippen LogP contribution in [-0.4, -0.2) is 29.8 Å². The van der Waals surface area contributed by atoms with Crippen molar-refractivity contribution in [2.75, 3.05) is 17.3 Å². The Balaban J connectivity index is 1.97. The zero-order chi connectivity index (χ0) is 25.3. The van der Waals surface area contributed by atoms with Gasteiger partial charge in [-0.15, -0.1) is 0 Å². The number of methoxy groups -OCH3 is 1. The van der Waals surface area contributed by atoms with Crippen LogP contribution < -0.4 is 15.0 Å². The average Bonchev–Trinajstić information content (AvgIpc) is 3.10. The highest BCUT2D eigenvalue weighted by atomic mass is 79.9. The van der Waals surface area contributed by atoms with Gasteiger partial charge in [0.2, 0.25) is 5.91 Å². The molecule has 35 heavy (non-hydrogen) atoms. The van der Waals surface area contributed by atoms with Crippen molar-refractivity contribution in [1.29, 1.82) is 0 Å². The lowest BCUT2D eigenvalue weighted by Crippen LogP contribution is -2.29. The van der Waals surface area contributed by atoms with Crippen LogP contribution in [0, 0.1) is 6.92 Å². The number of hydrogen-bond donors (Lipinski definition) is 2. The predicted molar refractivity (Wildman–Crippen MR) is 137 cm³/mol. The summed E-state index contributed by atoms with van der Waals surface area (Å²) in [5, 5.41) is 14.0. The number of rotatable bonds is 5. The molecule has 1 atom stereocenters. The number of nitrogens with zero attached hydrogens (tertiary/aromatic N) is 1. The van der Waals surface area contributed by atoms with Crippen LogP contribution in [0.3, 0.4) is 0 Å². The first-order valence-corrected chi connectivity index (χ1v) is 11.6. The molecule has 1 heterocycles. The average molecular weight is 535 g/mol. The van der Waals surface area contributed by atoms with E-state index in [0.29, 0.717) is 28.3 Å². The SMILES string of the molecule is COc1ccccc1C1/C(=C(\O)c2ccc(Br)c(C)c2)C(=O)C(=O)N1c1cccc(NC(C)=O)c1. The number of aryl methyl sites for hydroxylation is 1. The third kappa shape index (κ3) is 4.57. The number of ketones is 1. The summed E-state index contributed by atoms with van der Waals surface area (Å²) in [5.41, 5.74) is 2.62. The van der Waals surface area contributed by atoms with Crippen LogP contribution in [0.5, 0.6) is 5.75 Å². The molecule has 1 saturated heterocycles. The number of nitrogens with one attached hydrogen (secondary N) is 1. The van der Waals surface area contributed by atoms with Gasteiger partial charge in [-0.2, -0.15) is 0 Å². The Hall–Kier alpha value is -3.91. The maximum Gasteiger partial charge on any atom is 0.300 e. The van der Waals surface area contributed by atoms with Crippen molar-refractivity contribution in [3.05, 3.63) is 93.5 Å². The van der Waals surface area contributed by atoms with Crippen molar-refractivity contribution < 1.29 is 24.2 Å². The van der Waals surface area contributed by atoms with E-state index in [-0.39, 0.29) is 17.2 Å². The lowest BCUT2D eigenvalue weighted by atomic mass is 9.94. The van der Waals surface area contributed by atoms with E-state index < -0.39 is 17.7 Å². The lowest BCUT2D eigenvalue weighted by molar-refractivity contribution is -0.132. The van der Waals surface area contributed by atoms with Crippen molar-refractivity contribution in [1.82, 2.24) is 0 Å². The Morgan fingerprint density at radius 3 is 2.49 bits per heavy atom. The number of para-hydroxylation sites is 1. The lowest BCUT2D eigenvalue weighted by Gasteiger charge is -2.27. The van der Waals surface area contributed by atoms with E-state index in [2.05, 4.69) is 21.2 Å². The molecule has 1 aliphatic heterocycles. The molecule has 1 aliphatic rings. The number of halogens is 1. The van der Waals surface area contributed by atoms with Crippen LogP contribution in [0.25, 0.3) is 5.76 Å². The summed E-state index contributed by atoms with van der Waals surface area (Å²) in [6.45, 7) is 3.25. The number of Topliss-reactive ketones (excluding diaryl/α,β-unsaturated/α-hetero) is 1. The van der Waals surface area contributed by atoms with Crippen LogP contribution in [-0.2, 0) is 14.4 Å². The van der Waals surface area contributed by atoms with Crippen LogP contribution in [0.2, 0.25) is 0 Å². The van der Waals surface area contributed by atoms with Crippen LogP contribution >= 0.6 is 15.9 Å². The van der Waals surface area contributed by atoms with E-state index >= 15 is 0 Å². The van der Waals surface area contributed by atoms with Gasteiger partial charge >= 0.3 is 0 Å². The first-order valence-electron chi connectivity index (χ1n) is 10.8. The van der Waals surface area contributed by atoms with Gasteiger partial charge in [-0.3, -0.25) is 19.3 Å². The highest BCUT2D eigenvalue weighted by molar-refractivity contribution is 9.10. The Morgan fingerprint density at radius 1 is 1.06 bits per heavy atom. The first kappa shape index (κ1) is 24.2. The van der Waals surface area contributed by atoms with E-state index in [4.69, 9.17) is 4.74 Å². The molecule has 0 aliphatic carbocycles. The van der Waals surface area contributed by atoms with Gasteiger partial charge in [0.25, 0.3) is 11.7 Å². The van der Waals surface area contributed by atoms with E-state index in [1.54, 1.807) is 66.7 Å². The molecule has 0 bridgehead atoms. The zero-order valence-electron chi connectivity index (χ0n) is 19.3. The highest BCUT2D eigenvalue weighted by Gasteiger charge is 2.48. The number of anilines is 2. The third-order valence-corrected chi connectivity index (χ3v) is 6.64. The molecule has 178 valence electrons. The minimum absolute atomic E-state index is 0.0499. The van der Waals surface area contributed by atoms with E-state index in [9.17, 15) is 19.5 Å². The smallest absolute Gasteiger partial charge is 0.300 e. The summed E-state index contributed by atoms with van der Waals surface area (Å²) in [5.74, 6) is -1.70. The van der Waals surface area contributed by atoms with Gasteiger partial charge in [0.1, 0.15) is 11.5 Å². The molecule has 1 fully saturated rings. The highest BCUT2D eigenvalue weighted by Crippen LogP contribution is 2.45. The Bertz CT molecular complexity index is 1380. The van der Waals surface area contributed by atoms with Gasteiger partial charge < -0.3 is 15.2 Å². The summed E-state index contributed by atoms with van der Waals surface area (Å²) < 4.78 is 6.39. The van der Waals surface area contributed by atoms with E-state index in [1.165, 1.54) is 18.9 Å². The number of aliphatic hydroxyl groups excluding tert-OH is 1. The van der Waals surface area contributed by atoms with Crippen LogP contribution in [0.15, 0.2) is 76.8 Å². The molecule has 8 heteroatoms.